The zero-order valence-corrected chi connectivity index (χ0v) is 13.0. The van der Waals surface area contributed by atoms with Crippen LogP contribution in [-0.4, -0.2) is 42.9 Å². The Morgan fingerprint density at radius 3 is 2.10 bits per heavy atom. The molecule has 4 heteroatoms. The first kappa shape index (κ1) is 15.5. The molecule has 1 aliphatic heterocycles. The van der Waals surface area contributed by atoms with Gasteiger partial charge in [0.25, 0.3) is 0 Å². The second-order valence-electron chi connectivity index (χ2n) is 6.65. The minimum atomic E-state index is -0.218. The number of ether oxygens (including phenoxy) is 1. The number of amides is 1. The smallest absolute Gasteiger partial charge is 0.225 e. The Hall–Kier alpha value is -0.900. The van der Waals surface area contributed by atoms with Crippen LogP contribution in [0.25, 0.3) is 0 Å². The summed E-state index contributed by atoms with van der Waals surface area (Å²) in [6, 6.07) is 0. The van der Waals surface area contributed by atoms with Gasteiger partial charge < -0.3 is 9.64 Å². The van der Waals surface area contributed by atoms with E-state index in [9.17, 15) is 9.59 Å². The van der Waals surface area contributed by atoms with E-state index in [0.29, 0.717) is 12.0 Å². The quantitative estimate of drug-likeness (QED) is 0.798. The molecule has 1 aliphatic carbocycles. The molecule has 1 heterocycles. The fraction of sp³-hybridized carbons (Fsp3) is 0.875. The molecule has 2 aliphatic rings. The molecule has 0 spiro atoms. The summed E-state index contributed by atoms with van der Waals surface area (Å²) in [5, 5.41) is 0. The third-order valence-corrected chi connectivity index (χ3v) is 5.39. The van der Waals surface area contributed by atoms with E-state index in [1.54, 1.807) is 14.0 Å². The van der Waals surface area contributed by atoms with Crippen LogP contribution in [0.15, 0.2) is 0 Å². The Morgan fingerprint density at radius 1 is 1.10 bits per heavy atom. The topological polar surface area (TPSA) is 46.6 Å². The van der Waals surface area contributed by atoms with Crippen LogP contribution in [0.5, 0.6) is 0 Å². The number of carbonyl (C=O) groups excluding carboxylic acids is 2. The summed E-state index contributed by atoms with van der Waals surface area (Å²) in [5.41, 5.74) is -0.218. The fourth-order valence-electron chi connectivity index (χ4n) is 3.38. The van der Waals surface area contributed by atoms with Crippen LogP contribution < -0.4 is 0 Å². The highest BCUT2D eigenvalue weighted by Crippen LogP contribution is 2.34. The van der Waals surface area contributed by atoms with Crippen molar-refractivity contribution >= 4 is 11.7 Å². The molecular formula is C16H27NO3. The molecule has 0 bridgehead atoms. The van der Waals surface area contributed by atoms with Gasteiger partial charge in [-0.15, -0.1) is 0 Å². The Labute approximate surface area is 121 Å². The van der Waals surface area contributed by atoms with E-state index in [0.717, 1.165) is 51.6 Å². The van der Waals surface area contributed by atoms with Gasteiger partial charge in [-0.1, -0.05) is 6.92 Å². The first-order chi connectivity index (χ1) is 9.46. The number of Topliss-reactive ketones (excluding diaryl/α,β-unsaturated/α-hetero) is 1. The highest BCUT2D eigenvalue weighted by Gasteiger charge is 2.37. The van der Waals surface area contributed by atoms with Crippen molar-refractivity contribution in [1.82, 2.24) is 4.90 Å². The Balaban J connectivity index is 1.85. The van der Waals surface area contributed by atoms with Crippen molar-refractivity contribution < 1.29 is 14.3 Å². The lowest BCUT2D eigenvalue weighted by molar-refractivity contribution is -0.142. The van der Waals surface area contributed by atoms with Gasteiger partial charge in [0.05, 0.1) is 6.10 Å². The number of methoxy groups -OCH3 is 1. The van der Waals surface area contributed by atoms with Crippen molar-refractivity contribution in [3.63, 3.8) is 0 Å². The average molecular weight is 281 g/mol. The lowest BCUT2D eigenvalue weighted by atomic mass is 9.76. The van der Waals surface area contributed by atoms with E-state index in [2.05, 4.69) is 0 Å². The number of hydrogen-bond acceptors (Lipinski definition) is 3. The second-order valence-corrected chi connectivity index (χ2v) is 6.65. The number of nitrogens with zero attached hydrogens (tertiary/aromatic N) is 1. The van der Waals surface area contributed by atoms with Gasteiger partial charge in [0.1, 0.15) is 5.78 Å². The molecule has 2 rings (SSSR count). The van der Waals surface area contributed by atoms with Gasteiger partial charge in [-0.25, -0.2) is 0 Å². The third-order valence-electron chi connectivity index (χ3n) is 5.39. The lowest BCUT2D eigenvalue weighted by Crippen LogP contribution is -2.47. The molecule has 20 heavy (non-hydrogen) atoms. The molecule has 0 radical (unpaired) electrons. The molecule has 114 valence electrons. The SMILES string of the molecule is CO[C@H]1CC[C@H](C(=O)N2CCC(C)(C(C)=O)CC2)CC1. The molecule has 4 nitrogen and oxygen atoms in total. The van der Waals surface area contributed by atoms with Crippen LogP contribution in [0.1, 0.15) is 52.4 Å². The zero-order valence-electron chi connectivity index (χ0n) is 13.0. The van der Waals surface area contributed by atoms with Crippen molar-refractivity contribution in [2.75, 3.05) is 20.2 Å². The summed E-state index contributed by atoms with van der Waals surface area (Å²) in [5.74, 6) is 0.721. The van der Waals surface area contributed by atoms with Gasteiger partial charge in [-0.2, -0.15) is 0 Å². The summed E-state index contributed by atoms with van der Waals surface area (Å²) in [7, 11) is 1.75. The molecule has 1 saturated carbocycles. The van der Waals surface area contributed by atoms with Gasteiger partial charge in [-0.05, 0) is 45.4 Å². The van der Waals surface area contributed by atoms with E-state index >= 15 is 0 Å². The number of rotatable bonds is 3. The fourth-order valence-corrected chi connectivity index (χ4v) is 3.38. The van der Waals surface area contributed by atoms with E-state index in [1.807, 2.05) is 11.8 Å². The number of piperidine rings is 1. The Kier molecular flexibility index (Phi) is 4.84. The van der Waals surface area contributed by atoms with Crippen molar-refractivity contribution in [1.29, 1.82) is 0 Å². The predicted octanol–water partition coefficient (Wildman–Crippen LogP) is 2.41. The highest BCUT2D eigenvalue weighted by atomic mass is 16.5. The molecule has 0 aromatic carbocycles. The predicted molar refractivity (Wildman–Crippen MR) is 77.4 cm³/mol. The number of likely N-dealkylation sites (tertiary alicyclic amines) is 1. The number of hydrogen-bond donors (Lipinski definition) is 0. The van der Waals surface area contributed by atoms with Gasteiger partial charge in [0.15, 0.2) is 0 Å². The van der Waals surface area contributed by atoms with E-state index in [4.69, 9.17) is 4.74 Å². The van der Waals surface area contributed by atoms with Crippen LogP contribution in [0.4, 0.5) is 0 Å². The molecule has 0 aromatic heterocycles. The van der Waals surface area contributed by atoms with E-state index in [-0.39, 0.29) is 17.1 Å². The van der Waals surface area contributed by atoms with Gasteiger partial charge in [0.2, 0.25) is 5.91 Å². The van der Waals surface area contributed by atoms with Crippen LogP contribution in [-0.2, 0) is 14.3 Å². The van der Waals surface area contributed by atoms with Crippen molar-refractivity contribution in [3.8, 4) is 0 Å². The van der Waals surface area contributed by atoms with E-state index < -0.39 is 0 Å². The summed E-state index contributed by atoms with van der Waals surface area (Å²) in [6.07, 6.45) is 5.82. The highest BCUT2D eigenvalue weighted by molar-refractivity contribution is 5.83. The lowest BCUT2D eigenvalue weighted by Gasteiger charge is -2.40. The van der Waals surface area contributed by atoms with E-state index in [1.165, 1.54) is 0 Å². The van der Waals surface area contributed by atoms with Gasteiger partial charge in [0, 0.05) is 31.5 Å². The first-order valence-corrected chi connectivity index (χ1v) is 7.79. The minimum Gasteiger partial charge on any atom is -0.381 e. The van der Waals surface area contributed by atoms with Crippen LogP contribution in [0.3, 0.4) is 0 Å². The van der Waals surface area contributed by atoms with Gasteiger partial charge in [-0.3, -0.25) is 9.59 Å². The van der Waals surface area contributed by atoms with Crippen molar-refractivity contribution in [2.24, 2.45) is 11.3 Å². The van der Waals surface area contributed by atoms with Crippen LogP contribution in [0, 0.1) is 11.3 Å². The average Bonchev–Trinajstić information content (AvgIpc) is 2.47. The molecular weight excluding hydrogens is 254 g/mol. The normalized spacial score (nSPS) is 30.1. The molecule has 0 atom stereocenters. The number of carbonyl (C=O) groups is 2. The second kappa shape index (κ2) is 6.25. The van der Waals surface area contributed by atoms with Crippen molar-refractivity contribution in [3.05, 3.63) is 0 Å². The summed E-state index contributed by atoms with van der Waals surface area (Å²) >= 11 is 0. The molecule has 0 unspecified atom stereocenters. The minimum absolute atomic E-state index is 0.170. The largest absolute Gasteiger partial charge is 0.381 e. The molecule has 1 saturated heterocycles. The molecule has 1 amide bonds. The maximum atomic E-state index is 12.5. The Morgan fingerprint density at radius 2 is 1.65 bits per heavy atom. The van der Waals surface area contributed by atoms with Gasteiger partial charge >= 0.3 is 0 Å². The molecule has 2 fully saturated rings. The number of ketones is 1. The summed E-state index contributed by atoms with van der Waals surface area (Å²) in [6.45, 7) is 5.17. The summed E-state index contributed by atoms with van der Waals surface area (Å²) < 4.78 is 5.36. The summed E-state index contributed by atoms with van der Waals surface area (Å²) in [4.78, 5) is 26.2. The third kappa shape index (κ3) is 3.22. The zero-order chi connectivity index (χ0) is 14.8. The molecule has 0 aromatic rings. The standard InChI is InChI=1S/C16H27NO3/c1-12(18)16(2)8-10-17(11-9-16)15(19)13-4-6-14(20-3)7-5-13/h13-14H,4-11H2,1-3H3/t13-,14-. The van der Waals surface area contributed by atoms with Crippen LogP contribution >= 0.6 is 0 Å². The maximum absolute atomic E-state index is 12.5. The monoisotopic (exact) mass is 281 g/mol. The maximum Gasteiger partial charge on any atom is 0.225 e. The first-order valence-electron chi connectivity index (χ1n) is 7.79. The van der Waals surface area contributed by atoms with Crippen molar-refractivity contribution in [2.45, 2.75) is 58.5 Å². The molecule has 0 N–H and O–H groups in total. The van der Waals surface area contributed by atoms with Crippen LogP contribution in [0.2, 0.25) is 0 Å². The Bertz CT molecular complexity index is 364.